The van der Waals surface area contributed by atoms with E-state index in [4.69, 9.17) is 4.98 Å². The first-order valence-electron chi connectivity index (χ1n) is 8.73. The highest BCUT2D eigenvalue weighted by atomic mass is 79.9. The Morgan fingerprint density at radius 1 is 1.19 bits per heavy atom. The Hall–Kier alpha value is -1.76. The Morgan fingerprint density at radius 2 is 2.04 bits per heavy atom. The molecule has 0 aliphatic carbocycles. The lowest BCUT2D eigenvalue weighted by Gasteiger charge is -2.38. The van der Waals surface area contributed by atoms with Gasteiger partial charge < -0.3 is 5.11 Å². The van der Waals surface area contributed by atoms with Crippen LogP contribution < -0.4 is 0 Å². The van der Waals surface area contributed by atoms with Crippen molar-refractivity contribution in [1.82, 2.24) is 9.88 Å². The van der Waals surface area contributed by atoms with Gasteiger partial charge >= 0.3 is 5.97 Å². The molecule has 134 valence electrons. The maximum atomic E-state index is 11.9. The number of carbonyl (C=O) groups is 1. The van der Waals surface area contributed by atoms with E-state index in [1.807, 2.05) is 36.4 Å². The number of likely N-dealkylation sites (tertiary alicyclic amines) is 1. The highest BCUT2D eigenvalue weighted by Crippen LogP contribution is 2.38. The van der Waals surface area contributed by atoms with Crippen molar-refractivity contribution in [3.8, 4) is 0 Å². The molecule has 2 atom stereocenters. The summed E-state index contributed by atoms with van der Waals surface area (Å²) in [5, 5.41) is 10.9. The monoisotopic (exact) mass is 430 g/mol. The number of hydrogen-bond donors (Lipinski definition) is 1. The first-order chi connectivity index (χ1) is 12.6. The molecule has 4 rings (SSSR count). The molecular weight excluding hydrogens is 412 g/mol. The van der Waals surface area contributed by atoms with Gasteiger partial charge in [0.2, 0.25) is 0 Å². The number of piperidine rings is 1. The summed E-state index contributed by atoms with van der Waals surface area (Å²) < 4.78 is 1.04. The van der Waals surface area contributed by atoms with Crippen LogP contribution in [0, 0.1) is 0 Å². The average molecular weight is 431 g/mol. The zero-order valence-corrected chi connectivity index (χ0v) is 16.5. The summed E-state index contributed by atoms with van der Waals surface area (Å²) >= 11 is 5.19. The van der Waals surface area contributed by atoms with E-state index >= 15 is 0 Å². The Balaban J connectivity index is 1.83. The second kappa shape index (κ2) is 7.47. The Labute approximate surface area is 164 Å². The smallest absolute Gasteiger partial charge is 0.320 e. The Kier molecular flexibility index (Phi) is 5.07. The number of para-hydroxylation sites is 1. The van der Waals surface area contributed by atoms with Crippen molar-refractivity contribution in [2.45, 2.75) is 31.3 Å². The molecule has 3 heterocycles. The zero-order chi connectivity index (χ0) is 18.1. The summed E-state index contributed by atoms with van der Waals surface area (Å²) in [6.45, 7) is 0.770. The fourth-order valence-corrected chi connectivity index (χ4v) is 5.27. The fourth-order valence-electron chi connectivity index (χ4n) is 3.72. The van der Waals surface area contributed by atoms with Crippen LogP contribution in [0.5, 0.6) is 0 Å². The van der Waals surface area contributed by atoms with Gasteiger partial charge in [0.25, 0.3) is 0 Å². The van der Waals surface area contributed by atoms with Crippen molar-refractivity contribution in [1.29, 1.82) is 0 Å². The van der Waals surface area contributed by atoms with Crippen molar-refractivity contribution in [3.05, 3.63) is 62.9 Å². The van der Waals surface area contributed by atoms with Gasteiger partial charge in [0.1, 0.15) is 6.04 Å². The highest BCUT2D eigenvalue weighted by Gasteiger charge is 2.36. The van der Waals surface area contributed by atoms with Crippen LogP contribution in [0.1, 0.15) is 35.9 Å². The number of carboxylic acids is 1. The van der Waals surface area contributed by atoms with Gasteiger partial charge in [-0.1, -0.05) is 30.7 Å². The number of hydrogen-bond acceptors (Lipinski definition) is 4. The van der Waals surface area contributed by atoms with Crippen LogP contribution in [0.15, 0.2) is 52.3 Å². The van der Waals surface area contributed by atoms with Gasteiger partial charge in [0.05, 0.1) is 21.0 Å². The largest absolute Gasteiger partial charge is 0.480 e. The van der Waals surface area contributed by atoms with Crippen LogP contribution in [-0.4, -0.2) is 33.5 Å². The molecule has 3 aromatic rings. The number of rotatable bonds is 4. The lowest BCUT2D eigenvalue weighted by molar-refractivity contribution is -0.145. The number of aromatic nitrogens is 1. The van der Waals surface area contributed by atoms with Gasteiger partial charge in [-0.25, -0.2) is 0 Å². The molecule has 1 fully saturated rings. The van der Waals surface area contributed by atoms with E-state index in [-0.39, 0.29) is 6.04 Å². The van der Waals surface area contributed by atoms with E-state index in [2.05, 4.69) is 33.0 Å². The second-order valence-corrected chi connectivity index (χ2v) is 9.06. The first-order valence-corrected chi connectivity index (χ1v) is 10.3. The van der Waals surface area contributed by atoms with E-state index < -0.39 is 12.0 Å². The molecule has 1 aromatic carbocycles. The average Bonchev–Trinajstić information content (AvgIpc) is 3.08. The van der Waals surface area contributed by atoms with Gasteiger partial charge in [-0.2, -0.15) is 0 Å². The van der Waals surface area contributed by atoms with Crippen molar-refractivity contribution in [2.24, 2.45) is 0 Å². The predicted molar refractivity (Wildman–Crippen MR) is 108 cm³/mol. The summed E-state index contributed by atoms with van der Waals surface area (Å²) in [4.78, 5) is 20.0. The summed E-state index contributed by atoms with van der Waals surface area (Å²) in [5.74, 6) is -0.744. The molecule has 6 heteroatoms. The molecule has 0 radical (unpaired) electrons. The molecule has 0 spiro atoms. The lowest BCUT2D eigenvalue weighted by Crippen LogP contribution is -2.46. The third kappa shape index (κ3) is 3.41. The van der Waals surface area contributed by atoms with Crippen LogP contribution in [0.2, 0.25) is 0 Å². The SMILES string of the molecule is O=C(O)C1CCCCN1C(c1ccc2ccccc2n1)c1ccc(Br)s1. The van der Waals surface area contributed by atoms with Crippen LogP contribution in [-0.2, 0) is 4.79 Å². The van der Waals surface area contributed by atoms with Crippen LogP contribution in [0.3, 0.4) is 0 Å². The molecule has 0 bridgehead atoms. The number of fused-ring (bicyclic) bond motifs is 1. The number of pyridine rings is 1. The minimum Gasteiger partial charge on any atom is -0.480 e. The van der Waals surface area contributed by atoms with Gasteiger partial charge in [-0.05, 0) is 53.0 Å². The molecule has 1 N–H and O–H groups in total. The second-order valence-electron chi connectivity index (χ2n) is 6.56. The molecule has 26 heavy (non-hydrogen) atoms. The molecule has 0 saturated carbocycles. The maximum absolute atomic E-state index is 11.9. The number of benzene rings is 1. The molecule has 1 aliphatic rings. The predicted octanol–water partition coefficient (Wildman–Crippen LogP) is 5.09. The van der Waals surface area contributed by atoms with E-state index in [0.29, 0.717) is 6.42 Å². The van der Waals surface area contributed by atoms with E-state index in [1.165, 1.54) is 0 Å². The van der Waals surface area contributed by atoms with Crippen molar-refractivity contribution >= 4 is 44.1 Å². The molecule has 1 saturated heterocycles. The summed E-state index contributed by atoms with van der Waals surface area (Å²) in [6, 6.07) is 15.6. The van der Waals surface area contributed by atoms with E-state index in [9.17, 15) is 9.90 Å². The maximum Gasteiger partial charge on any atom is 0.320 e. The van der Waals surface area contributed by atoms with Crippen LogP contribution in [0.25, 0.3) is 10.9 Å². The first kappa shape index (κ1) is 17.6. The van der Waals surface area contributed by atoms with E-state index in [1.54, 1.807) is 11.3 Å². The normalized spacial score (nSPS) is 19.5. The van der Waals surface area contributed by atoms with Crippen LogP contribution in [0.4, 0.5) is 0 Å². The van der Waals surface area contributed by atoms with Gasteiger partial charge in [-0.3, -0.25) is 14.7 Å². The third-order valence-corrected chi connectivity index (χ3v) is 6.60. The molecule has 4 nitrogen and oxygen atoms in total. The highest BCUT2D eigenvalue weighted by molar-refractivity contribution is 9.11. The molecular formula is C20H19BrN2O2S. The van der Waals surface area contributed by atoms with E-state index in [0.717, 1.165) is 44.6 Å². The number of aliphatic carboxylic acids is 1. The molecule has 2 aromatic heterocycles. The molecule has 0 amide bonds. The Morgan fingerprint density at radius 3 is 2.81 bits per heavy atom. The Bertz CT molecular complexity index is 942. The standard InChI is InChI=1S/C20H19BrN2O2S/c21-18-11-10-17(26-18)19(23-12-4-3-7-16(23)20(24)25)15-9-8-13-5-1-2-6-14(13)22-15/h1-2,5-6,8-11,16,19H,3-4,7,12H2,(H,24,25). The van der Waals surface area contributed by atoms with Gasteiger partial charge in [0, 0.05) is 16.8 Å². The summed E-state index contributed by atoms with van der Waals surface area (Å²) in [7, 11) is 0. The number of nitrogens with zero attached hydrogens (tertiary/aromatic N) is 2. The zero-order valence-electron chi connectivity index (χ0n) is 14.1. The third-order valence-electron chi connectivity index (χ3n) is 4.92. The lowest BCUT2D eigenvalue weighted by atomic mass is 9.97. The number of carboxylic acid groups (broad SMARTS) is 1. The summed E-state index contributed by atoms with van der Waals surface area (Å²) in [5.41, 5.74) is 1.85. The number of halogens is 1. The van der Waals surface area contributed by atoms with Crippen LogP contribution >= 0.6 is 27.3 Å². The topological polar surface area (TPSA) is 53.4 Å². The molecule has 1 aliphatic heterocycles. The summed E-state index contributed by atoms with van der Waals surface area (Å²) in [6.07, 6.45) is 2.66. The minimum absolute atomic E-state index is 0.141. The fraction of sp³-hybridized carbons (Fsp3) is 0.300. The minimum atomic E-state index is -0.744. The van der Waals surface area contributed by atoms with Gasteiger partial charge in [0.15, 0.2) is 0 Å². The van der Waals surface area contributed by atoms with Crippen molar-refractivity contribution < 1.29 is 9.90 Å². The quantitative estimate of drug-likeness (QED) is 0.626. The van der Waals surface area contributed by atoms with Crippen molar-refractivity contribution in [3.63, 3.8) is 0 Å². The van der Waals surface area contributed by atoms with Crippen molar-refractivity contribution in [2.75, 3.05) is 6.54 Å². The number of thiophene rings is 1. The van der Waals surface area contributed by atoms with Gasteiger partial charge in [-0.15, -0.1) is 11.3 Å². The molecule has 2 unspecified atom stereocenters.